The Labute approximate surface area is 112 Å². The van der Waals surface area contributed by atoms with Crippen LogP contribution in [-0.2, 0) is 0 Å². The summed E-state index contributed by atoms with van der Waals surface area (Å²) in [4.78, 5) is 6.89. The molecule has 94 valence electrons. The van der Waals surface area contributed by atoms with Crippen molar-refractivity contribution in [2.75, 3.05) is 31.6 Å². The zero-order valence-electron chi connectivity index (χ0n) is 10.5. The van der Waals surface area contributed by atoms with Crippen molar-refractivity contribution in [3.05, 3.63) is 22.3 Å². The van der Waals surface area contributed by atoms with Gasteiger partial charge >= 0.3 is 0 Å². The molecular formula is C13H20BrN3. The molecule has 1 N–H and O–H groups in total. The van der Waals surface area contributed by atoms with E-state index in [9.17, 15) is 0 Å². The summed E-state index contributed by atoms with van der Waals surface area (Å²) in [5.74, 6) is 1.95. The van der Waals surface area contributed by atoms with Gasteiger partial charge in [0.25, 0.3) is 0 Å². The van der Waals surface area contributed by atoms with Crippen LogP contribution in [0.3, 0.4) is 0 Å². The highest BCUT2D eigenvalue weighted by Gasteiger charge is 2.19. The van der Waals surface area contributed by atoms with Crippen LogP contribution in [-0.4, -0.2) is 31.7 Å². The molecule has 1 saturated heterocycles. The summed E-state index contributed by atoms with van der Waals surface area (Å²) in [5, 5.41) is 3.27. The van der Waals surface area contributed by atoms with Gasteiger partial charge < -0.3 is 10.2 Å². The highest BCUT2D eigenvalue weighted by atomic mass is 79.9. The van der Waals surface area contributed by atoms with Crippen molar-refractivity contribution in [1.29, 1.82) is 0 Å². The fraction of sp³-hybridized carbons (Fsp3) is 0.615. The van der Waals surface area contributed by atoms with Crippen LogP contribution in [0.5, 0.6) is 0 Å². The van der Waals surface area contributed by atoms with E-state index in [1.54, 1.807) is 0 Å². The quantitative estimate of drug-likeness (QED) is 0.929. The lowest BCUT2D eigenvalue weighted by Gasteiger charge is -2.32. The largest absolute Gasteiger partial charge is 0.357 e. The second-order valence-electron chi connectivity index (χ2n) is 4.78. The Morgan fingerprint density at radius 3 is 2.76 bits per heavy atom. The molecule has 1 aliphatic rings. The van der Waals surface area contributed by atoms with Crippen molar-refractivity contribution in [2.45, 2.75) is 19.8 Å². The molecule has 17 heavy (non-hydrogen) atoms. The van der Waals surface area contributed by atoms with E-state index in [0.29, 0.717) is 0 Å². The van der Waals surface area contributed by atoms with E-state index in [1.807, 2.05) is 13.2 Å². The molecule has 0 atom stereocenters. The maximum absolute atomic E-state index is 4.50. The Morgan fingerprint density at radius 2 is 2.18 bits per heavy atom. The highest BCUT2D eigenvalue weighted by molar-refractivity contribution is 9.10. The summed E-state index contributed by atoms with van der Waals surface area (Å²) < 4.78 is 1.09. The second-order valence-corrected chi connectivity index (χ2v) is 5.63. The van der Waals surface area contributed by atoms with Gasteiger partial charge in [-0.15, -0.1) is 0 Å². The van der Waals surface area contributed by atoms with E-state index >= 15 is 0 Å². The summed E-state index contributed by atoms with van der Waals surface area (Å²) in [7, 11) is 2.03. The van der Waals surface area contributed by atoms with Crippen LogP contribution < -0.4 is 10.2 Å². The number of nitrogens with one attached hydrogen (secondary N) is 1. The molecule has 0 spiro atoms. The Balaban J connectivity index is 1.98. The molecule has 0 bridgehead atoms. The lowest BCUT2D eigenvalue weighted by molar-refractivity contribution is 0.392. The Bertz CT molecular complexity index is 373. The average molecular weight is 298 g/mol. The van der Waals surface area contributed by atoms with E-state index in [2.05, 4.69) is 44.1 Å². The molecule has 4 heteroatoms. The molecule has 2 heterocycles. The maximum Gasteiger partial charge on any atom is 0.128 e. The van der Waals surface area contributed by atoms with Crippen molar-refractivity contribution < 1.29 is 0 Å². The lowest BCUT2D eigenvalue weighted by Crippen LogP contribution is -2.37. The summed E-state index contributed by atoms with van der Waals surface area (Å²) >= 11 is 3.49. The number of halogens is 1. The fourth-order valence-electron chi connectivity index (χ4n) is 2.35. The van der Waals surface area contributed by atoms with Gasteiger partial charge in [0.2, 0.25) is 0 Å². The van der Waals surface area contributed by atoms with Crippen LogP contribution >= 0.6 is 15.9 Å². The molecule has 0 amide bonds. The van der Waals surface area contributed by atoms with Gasteiger partial charge in [-0.05, 0) is 66.8 Å². The zero-order valence-corrected chi connectivity index (χ0v) is 12.1. The molecule has 0 radical (unpaired) electrons. The number of hydrogen-bond acceptors (Lipinski definition) is 3. The maximum atomic E-state index is 4.50. The Hall–Kier alpha value is -0.610. The minimum Gasteiger partial charge on any atom is -0.357 e. The fourth-order valence-corrected chi connectivity index (χ4v) is 2.57. The third-order valence-corrected chi connectivity index (χ3v) is 4.29. The van der Waals surface area contributed by atoms with E-state index in [0.717, 1.165) is 35.8 Å². The van der Waals surface area contributed by atoms with Gasteiger partial charge in [-0.3, -0.25) is 0 Å². The molecule has 1 aromatic rings. The molecule has 0 unspecified atom stereocenters. The molecule has 1 aromatic heterocycles. The first-order chi connectivity index (χ1) is 8.20. The lowest BCUT2D eigenvalue weighted by atomic mass is 9.97. The third kappa shape index (κ3) is 3.19. The second kappa shape index (κ2) is 5.83. The van der Waals surface area contributed by atoms with Crippen molar-refractivity contribution in [3.8, 4) is 0 Å². The molecule has 1 fully saturated rings. The normalized spacial score (nSPS) is 17.5. The Kier molecular flexibility index (Phi) is 4.40. The van der Waals surface area contributed by atoms with Crippen LogP contribution in [0.4, 0.5) is 5.82 Å². The minimum absolute atomic E-state index is 0.827. The van der Waals surface area contributed by atoms with Crippen molar-refractivity contribution in [2.24, 2.45) is 5.92 Å². The van der Waals surface area contributed by atoms with Gasteiger partial charge in [0.1, 0.15) is 5.82 Å². The number of hydrogen-bond donors (Lipinski definition) is 1. The first kappa shape index (κ1) is 12.8. The molecular weight excluding hydrogens is 278 g/mol. The molecule has 2 rings (SSSR count). The number of aromatic nitrogens is 1. The third-order valence-electron chi connectivity index (χ3n) is 3.46. The highest BCUT2D eigenvalue weighted by Crippen LogP contribution is 2.24. The number of anilines is 1. The predicted octanol–water partition coefficient (Wildman–Crippen LogP) is 2.59. The number of aryl methyl sites for hydroxylation is 1. The van der Waals surface area contributed by atoms with E-state index < -0.39 is 0 Å². The van der Waals surface area contributed by atoms with Gasteiger partial charge in [-0.2, -0.15) is 0 Å². The Morgan fingerprint density at radius 1 is 1.47 bits per heavy atom. The van der Waals surface area contributed by atoms with Crippen LogP contribution in [0, 0.1) is 12.8 Å². The molecule has 3 nitrogen and oxygen atoms in total. The summed E-state index contributed by atoms with van der Waals surface area (Å²) in [6.07, 6.45) is 4.43. The standard InChI is InChI=1S/C13H20BrN3/c1-10-7-13(16-9-12(10)14)17-5-3-11(4-6-17)8-15-2/h7,9,11,15H,3-6,8H2,1-2H3. The minimum atomic E-state index is 0.827. The summed E-state index contributed by atoms with van der Waals surface area (Å²) in [6.45, 7) is 5.50. The van der Waals surface area contributed by atoms with Crippen LogP contribution in [0.25, 0.3) is 0 Å². The smallest absolute Gasteiger partial charge is 0.128 e. The zero-order chi connectivity index (χ0) is 12.3. The summed E-state index contributed by atoms with van der Waals surface area (Å²) in [6, 6.07) is 2.17. The predicted molar refractivity (Wildman–Crippen MR) is 75.5 cm³/mol. The molecule has 0 aromatic carbocycles. The topological polar surface area (TPSA) is 28.2 Å². The van der Waals surface area contributed by atoms with E-state index in [4.69, 9.17) is 0 Å². The monoisotopic (exact) mass is 297 g/mol. The van der Waals surface area contributed by atoms with Gasteiger partial charge in [-0.1, -0.05) is 0 Å². The van der Waals surface area contributed by atoms with Crippen LogP contribution in [0.15, 0.2) is 16.7 Å². The SMILES string of the molecule is CNCC1CCN(c2cc(C)c(Br)cn2)CC1. The van der Waals surface area contributed by atoms with Gasteiger partial charge in [0, 0.05) is 23.8 Å². The number of nitrogens with zero attached hydrogens (tertiary/aromatic N) is 2. The summed E-state index contributed by atoms with van der Waals surface area (Å²) in [5.41, 5.74) is 1.26. The first-order valence-corrected chi connectivity index (χ1v) is 7.01. The first-order valence-electron chi connectivity index (χ1n) is 6.22. The molecule has 0 aliphatic carbocycles. The van der Waals surface area contributed by atoms with Gasteiger partial charge in [-0.25, -0.2) is 4.98 Å². The molecule has 0 saturated carbocycles. The number of piperidine rings is 1. The number of rotatable bonds is 3. The van der Waals surface area contributed by atoms with Crippen molar-refractivity contribution in [3.63, 3.8) is 0 Å². The van der Waals surface area contributed by atoms with Crippen LogP contribution in [0.2, 0.25) is 0 Å². The molecule has 1 aliphatic heterocycles. The van der Waals surface area contributed by atoms with Crippen LogP contribution in [0.1, 0.15) is 18.4 Å². The van der Waals surface area contributed by atoms with E-state index in [1.165, 1.54) is 18.4 Å². The van der Waals surface area contributed by atoms with Crippen molar-refractivity contribution >= 4 is 21.7 Å². The van der Waals surface area contributed by atoms with E-state index in [-0.39, 0.29) is 0 Å². The van der Waals surface area contributed by atoms with Crippen molar-refractivity contribution in [1.82, 2.24) is 10.3 Å². The van der Waals surface area contributed by atoms with Gasteiger partial charge in [0.15, 0.2) is 0 Å². The number of pyridine rings is 1. The average Bonchev–Trinajstić information content (AvgIpc) is 2.34. The van der Waals surface area contributed by atoms with Gasteiger partial charge in [0.05, 0.1) is 0 Å².